The zero-order chi connectivity index (χ0) is 68.2. The van der Waals surface area contributed by atoms with Gasteiger partial charge in [0.05, 0.1) is 28.9 Å². The number of unbranched alkanes of at least 4 members (excludes halogenated alkanes) is 5. The molecule has 22 heteroatoms. The SMILES string of the molecule is CCNC(=O)N[C@@H](CCC(=O)CCCCCCC(=O)N[C@@H](Cc1ccccc1)C(=O)C[C@@H](Cc1ccc(OC2=C(C=CC3=[N+](CCCCS(=O)(=O)O)c4ccccc4C3(C)C)CCCC2=CC=C2N(CCCCS(=O)(=O)O)c3ccccc3C2(C)C)cc1)C(=O)O)C(=O)O. The molecular formula is C72H92N5O15S2+. The summed E-state index contributed by atoms with van der Waals surface area (Å²) in [7, 11) is -8.26. The van der Waals surface area contributed by atoms with Gasteiger partial charge in [-0.25, -0.2) is 9.59 Å². The molecule has 0 spiro atoms. The highest BCUT2D eigenvalue weighted by Gasteiger charge is 2.44. The Kier molecular flexibility index (Phi) is 26.4. The first-order chi connectivity index (χ1) is 44.6. The number of nitrogens with zero attached hydrogens (tertiary/aromatic N) is 2. The zero-order valence-electron chi connectivity index (χ0n) is 54.6. The number of hydrogen-bond acceptors (Lipinski definition) is 12. The molecule has 4 aromatic rings. The number of Topliss-reactive ketones (excluding diaryl/α,β-unsaturated/α-hetero) is 2. The quantitative estimate of drug-likeness (QED) is 0.0125. The van der Waals surface area contributed by atoms with Crippen molar-refractivity contribution in [2.24, 2.45) is 5.92 Å². The van der Waals surface area contributed by atoms with Gasteiger partial charge in [-0.3, -0.25) is 28.3 Å². The van der Waals surface area contributed by atoms with Crippen molar-refractivity contribution in [3.63, 3.8) is 0 Å². The van der Waals surface area contributed by atoms with Gasteiger partial charge < -0.3 is 35.8 Å². The van der Waals surface area contributed by atoms with E-state index in [1.54, 1.807) is 31.2 Å². The number of carbonyl (C=O) groups excluding carboxylic acids is 4. The van der Waals surface area contributed by atoms with Crippen LogP contribution in [0.5, 0.6) is 5.75 Å². The van der Waals surface area contributed by atoms with Gasteiger partial charge in [0, 0.05) is 79.7 Å². The lowest BCUT2D eigenvalue weighted by Gasteiger charge is -2.27. The summed E-state index contributed by atoms with van der Waals surface area (Å²) in [5.74, 6) is -4.02. The molecule has 0 aromatic heterocycles. The highest BCUT2D eigenvalue weighted by atomic mass is 32.2. The third-order valence-corrected chi connectivity index (χ3v) is 19.3. The number of anilines is 1. The molecule has 1 aliphatic carbocycles. The number of allylic oxidation sites excluding steroid dienone is 7. The van der Waals surface area contributed by atoms with E-state index in [0.29, 0.717) is 88.1 Å². The van der Waals surface area contributed by atoms with E-state index in [1.807, 2.05) is 54.6 Å². The number of ether oxygens (including phenoxy) is 1. The molecule has 0 saturated carbocycles. The molecule has 2 aliphatic heterocycles. The number of carboxylic acid groups (broad SMARTS) is 2. The Hall–Kier alpha value is -8.05. The molecule has 2 heterocycles. The number of carbonyl (C=O) groups is 6. The summed E-state index contributed by atoms with van der Waals surface area (Å²) in [6, 6.07) is 29.7. The monoisotopic (exact) mass is 1330 g/mol. The minimum atomic E-state index is -4.13. The fraction of sp³-hybridized carbons (Fsp3) is 0.458. The van der Waals surface area contributed by atoms with Crippen LogP contribution in [0.2, 0.25) is 0 Å². The van der Waals surface area contributed by atoms with Gasteiger partial charge in [-0.2, -0.15) is 21.4 Å². The summed E-state index contributed by atoms with van der Waals surface area (Å²) < 4.78 is 75.0. The average molecular weight is 1330 g/mol. The number of nitrogens with one attached hydrogen (secondary N) is 3. The van der Waals surface area contributed by atoms with Crippen molar-refractivity contribution in [2.75, 3.05) is 36.0 Å². The Balaban J connectivity index is 1.09. The molecule has 0 radical (unpaired) electrons. The number of amides is 3. The molecule has 94 heavy (non-hydrogen) atoms. The fourth-order valence-corrected chi connectivity index (χ4v) is 13.8. The molecule has 3 aliphatic rings. The van der Waals surface area contributed by atoms with Gasteiger partial charge in [0.2, 0.25) is 11.6 Å². The minimum Gasteiger partial charge on any atom is -0.481 e. The molecule has 4 aromatic carbocycles. The van der Waals surface area contributed by atoms with Crippen molar-refractivity contribution in [2.45, 2.75) is 173 Å². The summed E-state index contributed by atoms with van der Waals surface area (Å²) in [6.45, 7) is 11.7. The number of aliphatic carboxylic acids is 2. The Labute approximate surface area is 553 Å². The van der Waals surface area contributed by atoms with Crippen LogP contribution in [-0.2, 0) is 67.9 Å². The molecule has 7 N–H and O–H groups in total. The van der Waals surface area contributed by atoms with Crippen LogP contribution in [-0.4, -0.2) is 125 Å². The number of benzene rings is 4. The van der Waals surface area contributed by atoms with Crippen LogP contribution in [0.1, 0.15) is 160 Å². The van der Waals surface area contributed by atoms with Crippen LogP contribution in [0.15, 0.2) is 150 Å². The van der Waals surface area contributed by atoms with Gasteiger partial charge in [0.15, 0.2) is 11.5 Å². The number of fused-ring (bicyclic) bond motifs is 2. The van der Waals surface area contributed by atoms with Gasteiger partial charge in [0.1, 0.15) is 29.9 Å². The predicted octanol–water partition coefficient (Wildman–Crippen LogP) is 11.5. The fourth-order valence-electron chi connectivity index (χ4n) is 12.7. The lowest BCUT2D eigenvalue weighted by atomic mass is 9.81. The second-order valence-corrected chi connectivity index (χ2v) is 28.7. The van der Waals surface area contributed by atoms with Crippen LogP contribution in [0.3, 0.4) is 0 Å². The number of ketones is 2. The van der Waals surface area contributed by atoms with Crippen LogP contribution in [0.25, 0.3) is 0 Å². The lowest BCUT2D eigenvalue weighted by molar-refractivity contribution is -0.438. The Morgan fingerprint density at radius 1 is 0.649 bits per heavy atom. The maximum absolute atomic E-state index is 14.2. The van der Waals surface area contributed by atoms with E-state index in [9.17, 15) is 64.9 Å². The second kappa shape index (κ2) is 33.9. The maximum atomic E-state index is 14.2. The Morgan fingerprint density at radius 3 is 1.96 bits per heavy atom. The van der Waals surface area contributed by atoms with Gasteiger partial charge in [-0.05, 0) is 150 Å². The first-order valence-electron chi connectivity index (χ1n) is 32.6. The minimum absolute atomic E-state index is 0.00595. The van der Waals surface area contributed by atoms with Crippen molar-refractivity contribution in [1.29, 1.82) is 0 Å². The van der Waals surface area contributed by atoms with Gasteiger partial charge in [0.25, 0.3) is 20.2 Å². The molecule has 0 bridgehead atoms. The van der Waals surface area contributed by atoms with Crippen molar-refractivity contribution in [3.8, 4) is 5.75 Å². The topological polar surface area (TPSA) is 303 Å². The summed E-state index contributed by atoms with van der Waals surface area (Å²) in [4.78, 5) is 78.9. The van der Waals surface area contributed by atoms with Gasteiger partial charge >= 0.3 is 18.0 Å². The first-order valence-corrected chi connectivity index (χ1v) is 35.9. The Bertz CT molecular complexity index is 3760. The van der Waals surface area contributed by atoms with Crippen LogP contribution in [0, 0.1) is 5.92 Å². The molecule has 0 unspecified atom stereocenters. The van der Waals surface area contributed by atoms with E-state index in [2.05, 4.69) is 102 Å². The normalized spacial score (nSPS) is 17.0. The third kappa shape index (κ3) is 21.2. The molecular weight excluding hydrogens is 1240 g/mol. The third-order valence-electron chi connectivity index (χ3n) is 17.7. The molecule has 20 nitrogen and oxygen atoms in total. The van der Waals surface area contributed by atoms with Gasteiger partial charge in [-0.15, -0.1) is 0 Å². The highest BCUT2D eigenvalue weighted by Crippen LogP contribution is 2.48. The van der Waals surface area contributed by atoms with E-state index in [0.717, 1.165) is 57.0 Å². The summed E-state index contributed by atoms with van der Waals surface area (Å²) in [5, 5.41) is 27.8. The maximum Gasteiger partial charge on any atom is 0.326 e. The number of para-hydroxylation sites is 2. The van der Waals surface area contributed by atoms with E-state index < -0.39 is 72.8 Å². The number of carboxylic acids is 2. The summed E-state index contributed by atoms with van der Waals surface area (Å²) in [5.41, 5.74) is 8.63. The largest absolute Gasteiger partial charge is 0.481 e. The van der Waals surface area contributed by atoms with Gasteiger partial charge in [-0.1, -0.05) is 112 Å². The van der Waals surface area contributed by atoms with Crippen molar-refractivity contribution in [1.82, 2.24) is 16.0 Å². The van der Waals surface area contributed by atoms with Crippen LogP contribution >= 0.6 is 0 Å². The molecule has 0 fully saturated rings. The molecule has 0 saturated heterocycles. The summed E-state index contributed by atoms with van der Waals surface area (Å²) >= 11 is 0. The molecule has 7 rings (SSSR count). The van der Waals surface area contributed by atoms with Crippen molar-refractivity contribution < 1.29 is 74.2 Å². The highest BCUT2D eigenvalue weighted by molar-refractivity contribution is 7.86. The van der Waals surface area contributed by atoms with E-state index >= 15 is 0 Å². The molecule has 3 atom stereocenters. The Morgan fingerprint density at radius 2 is 1.29 bits per heavy atom. The number of urea groups is 1. The molecule has 506 valence electrons. The zero-order valence-corrected chi connectivity index (χ0v) is 56.2. The van der Waals surface area contributed by atoms with Crippen LogP contribution in [0.4, 0.5) is 16.2 Å². The van der Waals surface area contributed by atoms with E-state index in [4.69, 9.17) is 4.74 Å². The predicted molar refractivity (Wildman–Crippen MR) is 363 cm³/mol. The number of hydrogen-bond donors (Lipinski definition) is 7. The van der Waals surface area contributed by atoms with Crippen LogP contribution < -0.4 is 25.6 Å². The lowest BCUT2D eigenvalue weighted by Crippen LogP contribution is -2.46. The molecule has 3 amide bonds. The number of rotatable bonds is 37. The van der Waals surface area contributed by atoms with Crippen molar-refractivity contribution in [3.05, 3.63) is 172 Å². The summed E-state index contributed by atoms with van der Waals surface area (Å²) in [6.07, 6.45) is 14.4. The van der Waals surface area contributed by atoms with Crippen molar-refractivity contribution >= 4 is 72.8 Å². The second-order valence-electron chi connectivity index (χ2n) is 25.6. The average Bonchev–Trinajstić information content (AvgIpc) is 1.60. The van der Waals surface area contributed by atoms with E-state index in [-0.39, 0.29) is 81.0 Å². The smallest absolute Gasteiger partial charge is 0.326 e. The standard InChI is InChI=1S/C72H91N5O15S2/c1-6-73-70(85)75-59(69(83)84)40-37-55(78)27-12-7-8-13-32-66(80)74-60(48-50-23-10-9-11-24-50)63(79)49-54(68(81)82)47-51-33-38-56(39-34-51)92-67-52(35-41-64-71(2,3)57-28-14-16-30-61(57)76(64)43-18-20-45-93(86,87)88)25-22-26-53(67)36-42-65-72(4,5)58-29-15-17-31-62(58)77(65)44-19-21-46-94(89,90)91/h9-11,14-17,23-24,28-31,33-36,38-39,41-42,54,59-60H,6-8,12-13,18-22,25-27,32,37,40,43-49H2,1-5H3,(H6-,73,74,75,80,81,82,83,84,85,86,87,88,89,90,91)/p+1/t54-,59+,60+/m1/s1. The first kappa shape index (κ1) is 73.4. The van der Waals surface area contributed by atoms with E-state index in [1.165, 1.54) is 0 Å².